The highest BCUT2D eigenvalue weighted by Crippen LogP contribution is 2.25. The molecular formula is C47H81NO4. The molecule has 0 bridgehead atoms. The number of benzene rings is 1. The van der Waals surface area contributed by atoms with Crippen LogP contribution in [-0.4, -0.2) is 54.6 Å². The highest BCUT2D eigenvalue weighted by Gasteiger charge is 2.09. The van der Waals surface area contributed by atoms with E-state index < -0.39 is 0 Å². The number of allylic oxidation sites excluding steroid dienone is 8. The molecule has 298 valence electrons. The van der Waals surface area contributed by atoms with Gasteiger partial charge in [-0.2, -0.15) is 0 Å². The fraction of sp³-hybridized carbons (Fsp3) is 0.702. The molecule has 5 nitrogen and oxygen atoms in total. The Kier molecular flexibility index (Phi) is 35.2. The molecule has 0 atom stereocenters. The molecule has 0 amide bonds. The van der Waals surface area contributed by atoms with Gasteiger partial charge in [-0.1, -0.05) is 140 Å². The maximum atomic E-state index is 9.50. The summed E-state index contributed by atoms with van der Waals surface area (Å²) < 4.78 is 12.4. The second-order valence-corrected chi connectivity index (χ2v) is 14.4. The molecule has 2 N–H and O–H groups in total. The van der Waals surface area contributed by atoms with Crippen LogP contribution >= 0.6 is 0 Å². The molecule has 0 saturated carbocycles. The lowest BCUT2D eigenvalue weighted by Gasteiger charge is -2.21. The monoisotopic (exact) mass is 724 g/mol. The minimum atomic E-state index is 0.0701. The molecule has 0 aliphatic carbocycles. The zero-order valence-corrected chi connectivity index (χ0v) is 33.9. The van der Waals surface area contributed by atoms with Gasteiger partial charge in [0.05, 0.1) is 26.4 Å². The van der Waals surface area contributed by atoms with E-state index in [0.717, 1.165) is 42.7 Å². The Bertz CT molecular complexity index is 942. The van der Waals surface area contributed by atoms with Crippen LogP contribution in [0.3, 0.4) is 0 Å². The lowest BCUT2D eigenvalue weighted by molar-refractivity contribution is 0.155. The number of aliphatic hydroxyl groups excluding tert-OH is 2. The van der Waals surface area contributed by atoms with E-state index in [1.807, 2.05) is 6.07 Å². The van der Waals surface area contributed by atoms with Crippen molar-refractivity contribution >= 4 is 0 Å². The quantitative estimate of drug-likeness (QED) is 0.0525. The minimum Gasteiger partial charge on any atom is -0.493 e. The van der Waals surface area contributed by atoms with Gasteiger partial charge in [0.1, 0.15) is 11.5 Å². The van der Waals surface area contributed by atoms with Gasteiger partial charge < -0.3 is 19.7 Å². The third-order valence-electron chi connectivity index (χ3n) is 9.41. The molecule has 0 aliphatic heterocycles. The van der Waals surface area contributed by atoms with E-state index in [4.69, 9.17) is 9.47 Å². The molecule has 0 unspecified atom stereocenters. The molecule has 0 aliphatic rings. The summed E-state index contributed by atoms with van der Waals surface area (Å²) in [4.78, 5) is 2.06. The number of unbranched alkanes of at least 4 members (excludes halogenated alkanes) is 18. The first-order valence-corrected chi connectivity index (χ1v) is 21.7. The zero-order chi connectivity index (χ0) is 37.4. The number of hydrogen-bond donors (Lipinski definition) is 2. The first-order valence-electron chi connectivity index (χ1n) is 21.7. The average molecular weight is 724 g/mol. The van der Waals surface area contributed by atoms with Gasteiger partial charge in [0, 0.05) is 25.7 Å². The highest BCUT2D eigenvalue weighted by molar-refractivity contribution is 5.38. The smallest absolute Gasteiger partial charge is 0.123 e. The molecule has 0 aromatic heterocycles. The van der Waals surface area contributed by atoms with Crippen LogP contribution in [0, 0.1) is 0 Å². The molecule has 52 heavy (non-hydrogen) atoms. The Balaban J connectivity index is 2.30. The van der Waals surface area contributed by atoms with Gasteiger partial charge in [-0.05, 0) is 94.7 Å². The molecule has 0 saturated heterocycles. The molecule has 5 heteroatoms. The van der Waals surface area contributed by atoms with Gasteiger partial charge in [0.15, 0.2) is 0 Å². The van der Waals surface area contributed by atoms with Crippen molar-refractivity contribution in [3.05, 3.63) is 72.4 Å². The number of ether oxygens (including phenoxy) is 2. The van der Waals surface area contributed by atoms with Crippen LogP contribution in [0.25, 0.3) is 0 Å². The van der Waals surface area contributed by atoms with E-state index in [1.165, 1.54) is 128 Å². The van der Waals surface area contributed by atoms with Gasteiger partial charge in [-0.15, -0.1) is 0 Å². The molecule has 0 heterocycles. The number of hydrogen-bond acceptors (Lipinski definition) is 5. The highest BCUT2D eigenvalue weighted by atomic mass is 16.5. The van der Waals surface area contributed by atoms with Crippen molar-refractivity contribution in [3.63, 3.8) is 0 Å². The summed E-state index contributed by atoms with van der Waals surface area (Å²) in [6.45, 7) is 7.77. The van der Waals surface area contributed by atoms with Gasteiger partial charge in [0.25, 0.3) is 0 Å². The molecule has 0 fully saturated rings. The van der Waals surface area contributed by atoms with Crippen LogP contribution < -0.4 is 9.47 Å². The fourth-order valence-electron chi connectivity index (χ4n) is 6.26. The van der Waals surface area contributed by atoms with Crippen molar-refractivity contribution in [1.29, 1.82) is 0 Å². The fourth-order valence-corrected chi connectivity index (χ4v) is 6.26. The lowest BCUT2D eigenvalue weighted by atomic mass is 10.1. The van der Waals surface area contributed by atoms with Crippen LogP contribution in [-0.2, 0) is 6.54 Å². The van der Waals surface area contributed by atoms with E-state index in [0.29, 0.717) is 32.8 Å². The molecule has 0 spiro atoms. The first kappa shape index (κ1) is 47.7. The van der Waals surface area contributed by atoms with E-state index in [1.54, 1.807) is 0 Å². The maximum Gasteiger partial charge on any atom is 0.123 e. The van der Waals surface area contributed by atoms with Crippen LogP contribution in [0.4, 0.5) is 0 Å². The molecule has 1 aromatic carbocycles. The van der Waals surface area contributed by atoms with E-state index in [9.17, 15) is 10.2 Å². The van der Waals surface area contributed by atoms with E-state index >= 15 is 0 Å². The largest absolute Gasteiger partial charge is 0.493 e. The SMILES string of the molecule is CCCCCC=CCC=CCCCCCCCCOc1cc(CN(CCO)CCO)cc(OCCCCCCCCC=CCC=CCCCCC)c1. The second-order valence-electron chi connectivity index (χ2n) is 14.4. The topological polar surface area (TPSA) is 62.2 Å². The van der Waals surface area contributed by atoms with Gasteiger partial charge >= 0.3 is 0 Å². The molecule has 1 aromatic rings. The number of nitrogens with zero attached hydrogens (tertiary/aromatic N) is 1. The standard InChI is InChI=1S/C47H81NO4/c1-3-5-7-9-11-13-15-17-19-21-23-25-27-29-31-33-39-51-46-41-45(44-48(35-37-49)36-38-50)42-47(43-46)52-40-34-32-30-28-26-24-22-20-18-16-14-12-10-8-6-4-2/h11-14,17-20,41-43,49-50H,3-10,15-16,21-40,44H2,1-2H3. The Hall–Kier alpha value is -2.34. The van der Waals surface area contributed by atoms with Crippen LogP contribution in [0.5, 0.6) is 11.5 Å². The van der Waals surface area contributed by atoms with Crippen LogP contribution in [0.15, 0.2) is 66.8 Å². The third-order valence-corrected chi connectivity index (χ3v) is 9.41. The summed E-state index contributed by atoms with van der Waals surface area (Å²) in [5, 5.41) is 19.0. The summed E-state index contributed by atoms with van der Waals surface area (Å²) >= 11 is 0. The minimum absolute atomic E-state index is 0.0701. The Morgan fingerprint density at radius 2 is 0.827 bits per heavy atom. The van der Waals surface area contributed by atoms with Crippen molar-refractivity contribution in [3.8, 4) is 11.5 Å². The van der Waals surface area contributed by atoms with Gasteiger partial charge in [0.2, 0.25) is 0 Å². The summed E-state index contributed by atoms with van der Waals surface area (Å²) in [7, 11) is 0. The number of rotatable bonds is 38. The Labute approximate surface area is 321 Å². The molecule has 0 radical (unpaired) electrons. The maximum absolute atomic E-state index is 9.50. The van der Waals surface area contributed by atoms with Gasteiger partial charge in [-0.3, -0.25) is 4.90 Å². The van der Waals surface area contributed by atoms with Crippen molar-refractivity contribution in [2.24, 2.45) is 0 Å². The summed E-state index contributed by atoms with van der Waals surface area (Å²) in [5.74, 6) is 1.69. The van der Waals surface area contributed by atoms with Gasteiger partial charge in [-0.25, -0.2) is 0 Å². The molecule has 1 rings (SSSR count). The number of aliphatic hydroxyl groups is 2. The zero-order valence-electron chi connectivity index (χ0n) is 33.9. The second kappa shape index (κ2) is 38.4. The Morgan fingerprint density at radius 1 is 0.462 bits per heavy atom. The van der Waals surface area contributed by atoms with Crippen LogP contribution in [0.2, 0.25) is 0 Å². The summed E-state index contributed by atoms with van der Waals surface area (Å²) in [6.07, 6.45) is 48.2. The van der Waals surface area contributed by atoms with Crippen molar-refractivity contribution in [2.75, 3.05) is 39.5 Å². The summed E-state index contributed by atoms with van der Waals surface area (Å²) in [5.41, 5.74) is 1.09. The Morgan fingerprint density at radius 3 is 1.21 bits per heavy atom. The summed E-state index contributed by atoms with van der Waals surface area (Å²) in [6, 6.07) is 6.20. The van der Waals surface area contributed by atoms with Crippen molar-refractivity contribution in [1.82, 2.24) is 4.90 Å². The first-order chi connectivity index (χ1) is 25.7. The van der Waals surface area contributed by atoms with E-state index in [-0.39, 0.29) is 13.2 Å². The normalized spacial score (nSPS) is 12.2. The van der Waals surface area contributed by atoms with E-state index in [2.05, 4.69) is 79.5 Å². The predicted octanol–water partition coefficient (Wildman–Crippen LogP) is 12.9. The van der Waals surface area contributed by atoms with Crippen molar-refractivity contribution in [2.45, 2.75) is 174 Å². The third kappa shape index (κ3) is 31.2. The predicted molar refractivity (Wildman–Crippen MR) is 226 cm³/mol. The lowest BCUT2D eigenvalue weighted by Crippen LogP contribution is -2.29. The molecular weight excluding hydrogens is 643 g/mol. The average Bonchev–Trinajstić information content (AvgIpc) is 3.14. The van der Waals surface area contributed by atoms with Crippen LogP contribution in [0.1, 0.15) is 174 Å². The van der Waals surface area contributed by atoms with Crippen molar-refractivity contribution < 1.29 is 19.7 Å².